The predicted octanol–water partition coefficient (Wildman–Crippen LogP) is 0.872. The van der Waals surface area contributed by atoms with Crippen LogP contribution in [0.5, 0.6) is 0 Å². The van der Waals surface area contributed by atoms with Crippen LogP contribution in [0, 0.1) is 0 Å². The van der Waals surface area contributed by atoms with Gasteiger partial charge in [-0.2, -0.15) is 0 Å². The van der Waals surface area contributed by atoms with Crippen LogP contribution in [0.4, 0.5) is 0 Å². The highest BCUT2D eigenvalue weighted by atomic mass is 16.5. The molecule has 0 fully saturated rings. The van der Waals surface area contributed by atoms with Gasteiger partial charge in [-0.1, -0.05) is 0 Å². The number of nitrogens with zero attached hydrogens (tertiary/aromatic N) is 1. The zero-order valence-corrected chi connectivity index (χ0v) is 5.05. The lowest BCUT2D eigenvalue weighted by molar-refractivity contribution is 0.211. The highest BCUT2D eigenvalue weighted by Crippen LogP contribution is 2.03. The van der Waals surface area contributed by atoms with Gasteiger partial charge in [0.05, 0.1) is 6.61 Å². The van der Waals surface area contributed by atoms with Gasteiger partial charge in [0.25, 0.3) is 0 Å². The minimum absolute atomic E-state index is 0.731. The van der Waals surface area contributed by atoms with E-state index in [9.17, 15) is 0 Å². The van der Waals surface area contributed by atoms with Gasteiger partial charge >= 0.3 is 0 Å². The summed E-state index contributed by atoms with van der Waals surface area (Å²) in [7, 11) is 0. The van der Waals surface area contributed by atoms with Crippen molar-refractivity contribution in [3.8, 4) is 0 Å². The van der Waals surface area contributed by atoms with Gasteiger partial charge in [-0.15, -0.1) is 0 Å². The molecule has 1 radical (unpaired) electrons. The van der Waals surface area contributed by atoms with Gasteiger partial charge in [-0.3, -0.25) is 5.32 Å². The van der Waals surface area contributed by atoms with Crippen LogP contribution in [0.2, 0.25) is 0 Å². The van der Waals surface area contributed by atoms with E-state index >= 15 is 0 Å². The Morgan fingerprint density at radius 1 is 1.88 bits per heavy atom. The molecule has 0 N–H and O–H groups in total. The molecule has 0 bridgehead atoms. The third-order valence-electron chi connectivity index (χ3n) is 1.01. The highest BCUT2D eigenvalue weighted by molar-refractivity contribution is 4.96. The van der Waals surface area contributed by atoms with Crippen molar-refractivity contribution in [3.63, 3.8) is 0 Å². The van der Waals surface area contributed by atoms with Gasteiger partial charge in [-0.25, -0.2) is 0 Å². The van der Waals surface area contributed by atoms with E-state index in [1.54, 1.807) is 0 Å². The first-order chi connectivity index (χ1) is 3.93. The van der Waals surface area contributed by atoms with Crippen molar-refractivity contribution in [2.75, 3.05) is 13.2 Å². The molecular weight excluding hydrogens is 102 g/mol. The molecular formula is C6H10NO. The second-order valence-electron chi connectivity index (χ2n) is 1.65. The summed E-state index contributed by atoms with van der Waals surface area (Å²) in [6.45, 7) is 3.61. The molecule has 1 aliphatic rings. The molecule has 0 aromatic heterocycles. The molecule has 1 aliphatic heterocycles. The van der Waals surface area contributed by atoms with E-state index in [2.05, 4.69) is 5.32 Å². The Morgan fingerprint density at radius 2 is 2.75 bits per heavy atom. The predicted molar refractivity (Wildman–Crippen MR) is 31.3 cm³/mol. The largest absolute Gasteiger partial charge is 0.478 e. The highest BCUT2D eigenvalue weighted by Gasteiger charge is 2.02. The topological polar surface area (TPSA) is 23.3 Å². The summed E-state index contributed by atoms with van der Waals surface area (Å²) in [5.74, 6) is 0.826. The second-order valence-corrected chi connectivity index (χ2v) is 1.65. The zero-order valence-electron chi connectivity index (χ0n) is 5.05. The van der Waals surface area contributed by atoms with Crippen molar-refractivity contribution in [3.05, 3.63) is 12.0 Å². The molecule has 0 saturated carbocycles. The average Bonchev–Trinajstić information content (AvgIpc) is 2.19. The molecule has 0 unspecified atom stereocenters. The minimum Gasteiger partial charge on any atom is -0.478 e. The van der Waals surface area contributed by atoms with E-state index in [0.717, 1.165) is 25.5 Å². The first kappa shape index (κ1) is 5.48. The second kappa shape index (κ2) is 2.60. The van der Waals surface area contributed by atoms with E-state index in [1.807, 2.05) is 13.0 Å². The normalized spacial score (nSPS) is 17.4. The Balaban J connectivity index is 2.23. The Hall–Kier alpha value is -0.660. The molecule has 0 saturated heterocycles. The third kappa shape index (κ3) is 1.15. The lowest BCUT2D eigenvalue weighted by Gasteiger charge is -1.99. The smallest absolute Gasteiger partial charge is 0.204 e. The molecule has 0 atom stereocenters. The number of ether oxygens (including phenoxy) is 1. The lowest BCUT2D eigenvalue weighted by atomic mass is 10.5. The van der Waals surface area contributed by atoms with Crippen LogP contribution in [-0.4, -0.2) is 13.2 Å². The first-order valence-electron chi connectivity index (χ1n) is 2.94. The summed E-state index contributed by atoms with van der Waals surface area (Å²) >= 11 is 0. The Labute approximate surface area is 49.5 Å². The average molecular weight is 112 g/mol. The maximum absolute atomic E-state index is 5.10. The van der Waals surface area contributed by atoms with Crippen molar-refractivity contribution >= 4 is 0 Å². The first-order valence-corrected chi connectivity index (χ1v) is 2.94. The zero-order chi connectivity index (χ0) is 5.82. The van der Waals surface area contributed by atoms with Crippen molar-refractivity contribution in [1.29, 1.82) is 0 Å². The van der Waals surface area contributed by atoms with Crippen molar-refractivity contribution in [2.24, 2.45) is 0 Å². The summed E-state index contributed by atoms with van der Waals surface area (Å²) < 4.78 is 5.10. The van der Waals surface area contributed by atoms with E-state index < -0.39 is 0 Å². The molecule has 8 heavy (non-hydrogen) atoms. The Kier molecular flexibility index (Phi) is 1.78. The SMILES string of the molecule is CCOC1=CCC[N]1. The van der Waals surface area contributed by atoms with Gasteiger partial charge in [0.1, 0.15) is 0 Å². The molecule has 0 amide bonds. The fourth-order valence-corrected chi connectivity index (χ4v) is 0.680. The van der Waals surface area contributed by atoms with Gasteiger partial charge in [0.2, 0.25) is 5.88 Å². The standard InChI is InChI=1S/C6H10NO/c1-2-8-6-4-3-5-7-6/h4H,2-3,5H2,1H3. The summed E-state index contributed by atoms with van der Waals surface area (Å²) in [5, 5.41) is 4.06. The molecule has 0 spiro atoms. The fraction of sp³-hybridized carbons (Fsp3) is 0.667. The van der Waals surface area contributed by atoms with Crippen LogP contribution in [0.25, 0.3) is 0 Å². The number of hydrogen-bond donors (Lipinski definition) is 0. The van der Waals surface area contributed by atoms with Gasteiger partial charge in [-0.05, 0) is 19.4 Å². The van der Waals surface area contributed by atoms with Crippen LogP contribution in [0.15, 0.2) is 12.0 Å². The van der Waals surface area contributed by atoms with Crippen LogP contribution in [0.1, 0.15) is 13.3 Å². The fourth-order valence-electron chi connectivity index (χ4n) is 0.680. The molecule has 2 heteroatoms. The van der Waals surface area contributed by atoms with Crippen molar-refractivity contribution < 1.29 is 4.74 Å². The molecule has 0 aliphatic carbocycles. The monoisotopic (exact) mass is 112 g/mol. The van der Waals surface area contributed by atoms with E-state index in [0.29, 0.717) is 0 Å². The molecule has 45 valence electrons. The lowest BCUT2D eigenvalue weighted by Crippen LogP contribution is -2.01. The summed E-state index contributed by atoms with van der Waals surface area (Å²) in [4.78, 5) is 0. The Morgan fingerprint density at radius 3 is 3.25 bits per heavy atom. The van der Waals surface area contributed by atoms with Gasteiger partial charge in [0, 0.05) is 6.54 Å². The maximum Gasteiger partial charge on any atom is 0.204 e. The third-order valence-corrected chi connectivity index (χ3v) is 1.01. The molecule has 1 heterocycles. The number of hydrogen-bond acceptors (Lipinski definition) is 1. The minimum atomic E-state index is 0.731. The summed E-state index contributed by atoms with van der Waals surface area (Å²) in [6.07, 6.45) is 3.07. The molecule has 0 aromatic carbocycles. The molecule has 1 rings (SSSR count). The molecule has 2 nitrogen and oxygen atoms in total. The van der Waals surface area contributed by atoms with Crippen LogP contribution >= 0.6 is 0 Å². The van der Waals surface area contributed by atoms with Crippen LogP contribution in [0.3, 0.4) is 0 Å². The Bertz CT molecular complexity index is 98.7. The summed E-state index contributed by atoms with van der Waals surface area (Å²) in [5.41, 5.74) is 0. The molecule has 0 aromatic rings. The van der Waals surface area contributed by atoms with Crippen molar-refractivity contribution in [1.82, 2.24) is 5.32 Å². The van der Waals surface area contributed by atoms with E-state index in [1.165, 1.54) is 0 Å². The van der Waals surface area contributed by atoms with E-state index in [-0.39, 0.29) is 0 Å². The summed E-state index contributed by atoms with van der Waals surface area (Å²) in [6, 6.07) is 0. The van der Waals surface area contributed by atoms with E-state index in [4.69, 9.17) is 4.74 Å². The van der Waals surface area contributed by atoms with Gasteiger partial charge in [0.15, 0.2) is 0 Å². The van der Waals surface area contributed by atoms with Crippen LogP contribution < -0.4 is 5.32 Å². The van der Waals surface area contributed by atoms with Gasteiger partial charge < -0.3 is 4.74 Å². The quantitative estimate of drug-likeness (QED) is 0.520. The maximum atomic E-state index is 5.10. The van der Waals surface area contributed by atoms with Crippen molar-refractivity contribution in [2.45, 2.75) is 13.3 Å². The number of rotatable bonds is 2. The van der Waals surface area contributed by atoms with Crippen LogP contribution in [-0.2, 0) is 4.74 Å².